The Morgan fingerprint density at radius 1 is 0.692 bits per heavy atom. The Balaban J connectivity index is 2.49. The highest BCUT2D eigenvalue weighted by molar-refractivity contribution is 5.13. The zero-order valence-corrected chi connectivity index (χ0v) is 7.82. The Kier molecular flexibility index (Phi) is 5.54. The first-order valence-electron chi connectivity index (χ1n) is 4.68. The van der Waals surface area contributed by atoms with Crippen molar-refractivity contribution in [2.45, 2.75) is 19.3 Å². The van der Waals surface area contributed by atoms with Crippen LogP contribution in [0, 0.1) is 6.08 Å². The molecule has 1 rings (SSSR count). The first kappa shape index (κ1) is 9.79. The normalized spacial score (nSPS) is 30.2. The molecule has 0 amide bonds. The van der Waals surface area contributed by atoms with Crippen LogP contribution in [-0.4, -0.2) is 0 Å². The minimum atomic E-state index is 0.926. The van der Waals surface area contributed by atoms with Gasteiger partial charge in [0, 0.05) is 0 Å². The first-order valence-corrected chi connectivity index (χ1v) is 4.68. The van der Waals surface area contributed by atoms with Gasteiger partial charge in [0.25, 0.3) is 0 Å². The fraction of sp³-hybridized carbons (Fsp3) is 0.231. The average Bonchev–Trinajstić information content (AvgIpc) is 2.18. The minimum absolute atomic E-state index is 0.926. The summed E-state index contributed by atoms with van der Waals surface area (Å²) in [6, 6.07) is 0. The topological polar surface area (TPSA) is 0 Å². The predicted octanol–water partition coefficient (Wildman–Crippen LogP) is 3.75. The predicted molar refractivity (Wildman–Crippen MR) is 58.2 cm³/mol. The molecule has 13 heavy (non-hydrogen) atoms. The second-order valence-electron chi connectivity index (χ2n) is 2.80. The van der Waals surface area contributed by atoms with Crippen LogP contribution in [0.5, 0.6) is 0 Å². The van der Waals surface area contributed by atoms with Gasteiger partial charge >= 0.3 is 0 Å². The summed E-state index contributed by atoms with van der Waals surface area (Å²) in [5, 5.41) is 0. The number of hydrogen-bond acceptors (Lipinski definition) is 0. The van der Waals surface area contributed by atoms with Gasteiger partial charge in [0.1, 0.15) is 0 Å². The van der Waals surface area contributed by atoms with E-state index in [0.29, 0.717) is 0 Å². The third-order valence-electron chi connectivity index (χ3n) is 1.68. The molecule has 0 bridgehead atoms. The zero-order chi connectivity index (χ0) is 9.19. The van der Waals surface area contributed by atoms with Gasteiger partial charge in [0.05, 0.1) is 0 Å². The summed E-state index contributed by atoms with van der Waals surface area (Å²) in [6.07, 6.45) is 25.0. The van der Waals surface area contributed by atoms with E-state index < -0.39 is 0 Å². The molecule has 0 aliphatic heterocycles. The van der Waals surface area contributed by atoms with Crippen molar-refractivity contribution < 1.29 is 0 Å². The molecule has 67 valence electrons. The van der Waals surface area contributed by atoms with E-state index in [0.717, 1.165) is 19.3 Å². The van der Waals surface area contributed by atoms with Gasteiger partial charge in [-0.05, 0) is 25.3 Å². The second kappa shape index (κ2) is 7.35. The maximum absolute atomic E-state index is 3.21. The molecule has 0 atom stereocenters. The Morgan fingerprint density at radius 3 is 2.31 bits per heavy atom. The summed E-state index contributed by atoms with van der Waals surface area (Å²) in [5.41, 5.74) is 0. The van der Waals surface area contributed by atoms with Crippen LogP contribution in [0.25, 0.3) is 0 Å². The summed E-state index contributed by atoms with van der Waals surface area (Å²) in [6.45, 7) is 0. The van der Waals surface area contributed by atoms with Crippen molar-refractivity contribution in [1.29, 1.82) is 0 Å². The Labute approximate surface area is 80.7 Å². The Morgan fingerprint density at radius 2 is 1.46 bits per heavy atom. The molecule has 0 aromatic carbocycles. The van der Waals surface area contributed by atoms with Crippen LogP contribution in [-0.2, 0) is 0 Å². The fourth-order valence-corrected chi connectivity index (χ4v) is 1.00. The molecule has 0 unspecified atom stereocenters. The molecule has 0 N–H and O–H groups in total. The van der Waals surface area contributed by atoms with E-state index in [4.69, 9.17) is 0 Å². The van der Waals surface area contributed by atoms with E-state index in [1.807, 2.05) is 6.08 Å². The molecule has 0 fully saturated rings. The highest BCUT2D eigenvalue weighted by Crippen LogP contribution is 1.94. The third kappa shape index (κ3) is 5.92. The molecule has 0 saturated heterocycles. The van der Waals surface area contributed by atoms with Gasteiger partial charge in [0.15, 0.2) is 0 Å². The molecule has 0 nitrogen and oxygen atoms in total. The van der Waals surface area contributed by atoms with Crippen LogP contribution >= 0.6 is 0 Å². The van der Waals surface area contributed by atoms with Crippen molar-refractivity contribution in [3.05, 3.63) is 60.8 Å². The van der Waals surface area contributed by atoms with E-state index >= 15 is 0 Å². The lowest BCUT2D eigenvalue weighted by molar-refractivity contribution is 1.25. The maximum atomic E-state index is 3.21. The summed E-state index contributed by atoms with van der Waals surface area (Å²) < 4.78 is 0. The third-order valence-corrected chi connectivity index (χ3v) is 1.68. The molecule has 0 aromatic rings. The molecule has 0 heterocycles. The fourth-order valence-electron chi connectivity index (χ4n) is 1.00. The van der Waals surface area contributed by atoms with Gasteiger partial charge in [0.2, 0.25) is 0 Å². The Bertz CT molecular complexity index is 223. The molecule has 0 aromatic heterocycles. The van der Waals surface area contributed by atoms with Gasteiger partial charge < -0.3 is 0 Å². The van der Waals surface area contributed by atoms with Crippen molar-refractivity contribution in [3.63, 3.8) is 0 Å². The lowest BCUT2D eigenvalue weighted by Crippen LogP contribution is -1.62. The van der Waals surface area contributed by atoms with Crippen LogP contribution in [0.3, 0.4) is 0 Å². The SMILES string of the molecule is [C]1=C/C/C=C/C=C\C=C\C/C=C/C/1. The molecule has 1 aliphatic carbocycles. The number of hydrogen-bond donors (Lipinski definition) is 0. The molecule has 1 radical (unpaired) electrons. The highest BCUT2D eigenvalue weighted by atomic mass is 13.8. The number of allylic oxidation sites excluding steroid dienone is 10. The standard InChI is InChI=1S/C13H15/c1-2-4-6-8-10-12-13-11-9-7-5-3-1/h1-6,9-11H,7-8,13H2/b2-1-,5-3+,6-4+,11-9+,12-10?. The number of rotatable bonds is 0. The molecular formula is C13H15. The summed E-state index contributed by atoms with van der Waals surface area (Å²) in [7, 11) is 0. The monoisotopic (exact) mass is 171 g/mol. The molecule has 0 saturated carbocycles. The van der Waals surface area contributed by atoms with Crippen molar-refractivity contribution in [3.8, 4) is 0 Å². The van der Waals surface area contributed by atoms with Crippen LogP contribution in [0.4, 0.5) is 0 Å². The van der Waals surface area contributed by atoms with E-state index in [1.165, 1.54) is 0 Å². The summed E-state index contributed by atoms with van der Waals surface area (Å²) in [4.78, 5) is 0. The summed E-state index contributed by atoms with van der Waals surface area (Å²) >= 11 is 0. The van der Waals surface area contributed by atoms with Crippen molar-refractivity contribution in [2.75, 3.05) is 0 Å². The average molecular weight is 171 g/mol. The smallest absolute Gasteiger partial charge is 0.00977 e. The lowest BCUT2D eigenvalue weighted by Gasteiger charge is -1.81. The largest absolute Gasteiger partial charge is 0.0844 e. The van der Waals surface area contributed by atoms with E-state index in [9.17, 15) is 0 Å². The van der Waals surface area contributed by atoms with Crippen molar-refractivity contribution >= 4 is 0 Å². The quantitative estimate of drug-likeness (QED) is 0.487. The molecular weight excluding hydrogens is 156 g/mol. The lowest BCUT2D eigenvalue weighted by atomic mass is 10.3. The van der Waals surface area contributed by atoms with E-state index in [1.54, 1.807) is 0 Å². The van der Waals surface area contributed by atoms with Crippen LogP contribution in [0.2, 0.25) is 0 Å². The van der Waals surface area contributed by atoms with Gasteiger partial charge in [-0.2, -0.15) is 0 Å². The summed E-state index contributed by atoms with van der Waals surface area (Å²) in [5.74, 6) is 0. The van der Waals surface area contributed by atoms with Gasteiger partial charge in [-0.25, -0.2) is 0 Å². The molecule has 1 aliphatic rings. The van der Waals surface area contributed by atoms with Crippen molar-refractivity contribution in [1.82, 2.24) is 0 Å². The van der Waals surface area contributed by atoms with E-state index in [2.05, 4.69) is 54.7 Å². The van der Waals surface area contributed by atoms with Gasteiger partial charge in [-0.15, -0.1) is 0 Å². The van der Waals surface area contributed by atoms with Crippen LogP contribution in [0.15, 0.2) is 54.7 Å². The zero-order valence-electron chi connectivity index (χ0n) is 7.82. The van der Waals surface area contributed by atoms with Crippen LogP contribution < -0.4 is 0 Å². The van der Waals surface area contributed by atoms with Gasteiger partial charge in [-0.3, -0.25) is 0 Å². The first-order chi connectivity index (χ1) is 6.50. The second-order valence-corrected chi connectivity index (χ2v) is 2.80. The highest BCUT2D eigenvalue weighted by Gasteiger charge is 1.74. The molecule has 0 heteroatoms. The maximum Gasteiger partial charge on any atom is -0.00977 e. The molecule has 0 spiro atoms. The van der Waals surface area contributed by atoms with Gasteiger partial charge in [-0.1, -0.05) is 54.7 Å². The minimum Gasteiger partial charge on any atom is -0.0844 e. The van der Waals surface area contributed by atoms with Crippen LogP contribution in [0.1, 0.15) is 19.3 Å². The van der Waals surface area contributed by atoms with E-state index in [-0.39, 0.29) is 0 Å². The van der Waals surface area contributed by atoms with Crippen molar-refractivity contribution in [2.24, 2.45) is 0 Å². The Hall–Kier alpha value is -1.30.